The Balaban J connectivity index is 2.43. The first-order valence-electron chi connectivity index (χ1n) is 6.62. The summed E-state index contributed by atoms with van der Waals surface area (Å²) in [5.74, 6) is 0.127. The van der Waals surface area contributed by atoms with Gasteiger partial charge in [-0.15, -0.1) is 0 Å². The average Bonchev–Trinajstić information content (AvgIpc) is 2.38. The van der Waals surface area contributed by atoms with Crippen LogP contribution in [-0.2, 0) is 24.0 Å². The minimum Gasteiger partial charge on any atom is -0.381 e. The largest absolute Gasteiger partial charge is 0.381 e. The van der Waals surface area contributed by atoms with Gasteiger partial charge < -0.3 is 14.2 Å². The van der Waals surface area contributed by atoms with Crippen LogP contribution in [0.2, 0.25) is 0 Å². The van der Waals surface area contributed by atoms with Crippen LogP contribution in [0.4, 0.5) is 0 Å². The van der Waals surface area contributed by atoms with E-state index in [1.165, 1.54) is 0 Å². The molecule has 0 aromatic carbocycles. The molecule has 1 rings (SSSR count). The summed E-state index contributed by atoms with van der Waals surface area (Å²) in [4.78, 5) is 0. The summed E-state index contributed by atoms with van der Waals surface area (Å²) < 4.78 is 40.2. The molecule has 0 spiro atoms. The smallest absolute Gasteiger partial charge is 0.158 e. The first kappa shape index (κ1) is 15.9. The molecule has 0 bridgehead atoms. The molecule has 1 aliphatic heterocycles. The summed E-state index contributed by atoms with van der Waals surface area (Å²) in [6.45, 7) is 5.90. The zero-order valence-electron chi connectivity index (χ0n) is 11.3. The minimum absolute atomic E-state index is 0.127. The molecule has 0 atom stereocenters. The van der Waals surface area contributed by atoms with Gasteiger partial charge in [-0.1, -0.05) is 0 Å². The van der Waals surface area contributed by atoms with Crippen LogP contribution in [0.15, 0.2) is 0 Å². The maximum atomic E-state index is 12.1. The fraction of sp³-hybridized carbons (Fsp3) is 1.00. The van der Waals surface area contributed by atoms with Crippen LogP contribution in [-0.4, -0.2) is 52.1 Å². The molecule has 1 heterocycles. The van der Waals surface area contributed by atoms with Crippen molar-refractivity contribution in [2.24, 2.45) is 0 Å². The van der Waals surface area contributed by atoms with Gasteiger partial charge in [0.2, 0.25) is 0 Å². The van der Waals surface area contributed by atoms with Crippen LogP contribution >= 0.6 is 0 Å². The van der Waals surface area contributed by atoms with Crippen molar-refractivity contribution in [3.05, 3.63) is 0 Å². The van der Waals surface area contributed by atoms with Gasteiger partial charge in [-0.2, -0.15) is 0 Å². The molecule has 0 amide bonds. The lowest BCUT2D eigenvalue weighted by atomic mass is 10.2. The molecule has 1 saturated heterocycles. The lowest BCUT2D eigenvalue weighted by Crippen LogP contribution is -2.32. The molecule has 1 aliphatic rings. The Morgan fingerprint density at radius 1 is 1.17 bits per heavy atom. The number of hydrogen-bond donors (Lipinski definition) is 0. The van der Waals surface area contributed by atoms with E-state index in [0.717, 1.165) is 0 Å². The molecule has 6 heteroatoms. The van der Waals surface area contributed by atoms with E-state index in [2.05, 4.69) is 0 Å². The van der Waals surface area contributed by atoms with Crippen LogP contribution in [0.5, 0.6) is 0 Å². The van der Waals surface area contributed by atoms with Gasteiger partial charge in [0.15, 0.2) is 16.1 Å². The zero-order chi connectivity index (χ0) is 13.4. The number of hydrogen-bond acceptors (Lipinski definition) is 5. The second kappa shape index (κ2) is 8.09. The van der Waals surface area contributed by atoms with E-state index in [4.69, 9.17) is 14.2 Å². The van der Waals surface area contributed by atoms with Crippen molar-refractivity contribution in [2.45, 2.75) is 44.6 Å². The van der Waals surface area contributed by atoms with Gasteiger partial charge in [-0.05, 0) is 26.7 Å². The van der Waals surface area contributed by atoms with Gasteiger partial charge >= 0.3 is 0 Å². The summed E-state index contributed by atoms with van der Waals surface area (Å²) in [5.41, 5.74) is 0. The van der Waals surface area contributed by atoms with E-state index in [1.54, 1.807) is 0 Å². The van der Waals surface area contributed by atoms with Crippen LogP contribution in [0, 0.1) is 0 Å². The third kappa shape index (κ3) is 5.22. The van der Waals surface area contributed by atoms with Gasteiger partial charge in [-0.3, -0.25) is 0 Å². The van der Waals surface area contributed by atoms with Gasteiger partial charge in [0, 0.05) is 32.8 Å². The van der Waals surface area contributed by atoms with Gasteiger partial charge in [0.05, 0.1) is 11.0 Å². The molecule has 0 aromatic heterocycles. The predicted molar refractivity (Wildman–Crippen MR) is 69.3 cm³/mol. The zero-order valence-corrected chi connectivity index (χ0v) is 12.1. The number of rotatable bonds is 8. The highest BCUT2D eigenvalue weighted by Crippen LogP contribution is 2.18. The van der Waals surface area contributed by atoms with Gasteiger partial charge in [-0.25, -0.2) is 8.42 Å². The monoisotopic (exact) mass is 280 g/mol. The highest BCUT2D eigenvalue weighted by atomic mass is 32.2. The van der Waals surface area contributed by atoms with E-state index in [9.17, 15) is 8.42 Å². The van der Waals surface area contributed by atoms with Crippen molar-refractivity contribution in [1.82, 2.24) is 0 Å². The minimum atomic E-state index is -3.06. The Hall–Kier alpha value is -0.170. The van der Waals surface area contributed by atoms with Crippen LogP contribution < -0.4 is 0 Å². The van der Waals surface area contributed by atoms with E-state index >= 15 is 0 Å². The second-order valence-electron chi connectivity index (χ2n) is 4.31. The molecule has 5 nitrogen and oxygen atoms in total. The van der Waals surface area contributed by atoms with Gasteiger partial charge in [0.25, 0.3) is 0 Å². The number of sulfone groups is 1. The Morgan fingerprint density at radius 3 is 2.22 bits per heavy atom. The second-order valence-corrected chi connectivity index (χ2v) is 6.71. The molecule has 0 aliphatic carbocycles. The van der Waals surface area contributed by atoms with E-state index in [1.807, 2.05) is 13.8 Å². The van der Waals surface area contributed by atoms with E-state index < -0.39 is 16.1 Å². The molecule has 0 N–H and O–H groups in total. The Kier molecular flexibility index (Phi) is 7.14. The summed E-state index contributed by atoms with van der Waals surface area (Å²) in [5, 5.41) is -0.254. The Morgan fingerprint density at radius 2 is 1.72 bits per heavy atom. The normalized spacial score (nSPS) is 18.4. The molecule has 0 aromatic rings. The van der Waals surface area contributed by atoms with Crippen molar-refractivity contribution in [3.63, 3.8) is 0 Å². The first-order valence-corrected chi connectivity index (χ1v) is 8.34. The van der Waals surface area contributed by atoms with Crippen LogP contribution in [0.1, 0.15) is 33.1 Å². The van der Waals surface area contributed by atoms with Crippen molar-refractivity contribution < 1.29 is 22.6 Å². The van der Waals surface area contributed by atoms with Crippen LogP contribution in [0.3, 0.4) is 0 Å². The maximum absolute atomic E-state index is 12.1. The molecule has 0 unspecified atom stereocenters. The fourth-order valence-corrected chi connectivity index (χ4v) is 3.81. The molecular weight excluding hydrogens is 256 g/mol. The third-order valence-corrected chi connectivity index (χ3v) is 5.31. The summed E-state index contributed by atoms with van der Waals surface area (Å²) in [6.07, 6.45) is 1.21. The SMILES string of the molecule is CCOC(CCS(=O)(=O)C1CCOCC1)OCC. The van der Waals surface area contributed by atoms with Crippen molar-refractivity contribution in [1.29, 1.82) is 0 Å². The van der Waals surface area contributed by atoms with Crippen molar-refractivity contribution in [2.75, 3.05) is 32.2 Å². The average molecular weight is 280 g/mol. The Bertz CT molecular complexity index is 302. The fourth-order valence-electron chi connectivity index (χ4n) is 2.05. The molecule has 18 heavy (non-hydrogen) atoms. The molecule has 1 fully saturated rings. The lowest BCUT2D eigenvalue weighted by Gasteiger charge is -2.23. The molecule has 0 radical (unpaired) electrons. The number of ether oxygens (including phenoxy) is 3. The quantitative estimate of drug-likeness (QED) is 0.628. The summed E-state index contributed by atoms with van der Waals surface area (Å²) in [6, 6.07) is 0. The van der Waals surface area contributed by atoms with Gasteiger partial charge in [0.1, 0.15) is 0 Å². The predicted octanol–water partition coefficient (Wildman–Crippen LogP) is 1.37. The maximum Gasteiger partial charge on any atom is 0.158 e. The summed E-state index contributed by atoms with van der Waals surface area (Å²) >= 11 is 0. The highest BCUT2D eigenvalue weighted by molar-refractivity contribution is 7.92. The van der Waals surface area contributed by atoms with E-state index in [0.29, 0.717) is 45.7 Å². The van der Waals surface area contributed by atoms with Crippen LogP contribution in [0.25, 0.3) is 0 Å². The van der Waals surface area contributed by atoms with E-state index in [-0.39, 0.29) is 11.0 Å². The van der Waals surface area contributed by atoms with Crippen molar-refractivity contribution in [3.8, 4) is 0 Å². The first-order chi connectivity index (χ1) is 8.60. The highest BCUT2D eigenvalue weighted by Gasteiger charge is 2.28. The molecule has 108 valence electrons. The summed E-state index contributed by atoms with van der Waals surface area (Å²) in [7, 11) is -3.06. The van der Waals surface area contributed by atoms with Crippen molar-refractivity contribution >= 4 is 9.84 Å². The standard InChI is InChI=1S/C12H24O5S/c1-3-16-12(17-4-2)7-10-18(13,14)11-5-8-15-9-6-11/h11-12H,3-10H2,1-2H3. The molecule has 0 saturated carbocycles. The molecular formula is C12H24O5S. The topological polar surface area (TPSA) is 61.8 Å². The lowest BCUT2D eigenvalue weighted by molar-refractivity contribution is -0.136. The third-order valence-electron chi connectivity index (χ3n) is 3.02. The Labute approximate surface area is 110 Å².